The maximum absolute atomic E-state index is 12.7. The van der Waals surface area contributed by atoms with Crippen LogP contribution in [0.1, 0.15) is 5.56 Å². The van der Waals surface area contributed by atoms with Gasteiger partial charge in [-0.15, -0.1) is 0 Å². The van der Waals surface area contributed by atoms with Gasteiger partial charge in [0.05, 0.1) is 25.4 Å². The third kappa shape index (κ3) is 4.01. The largest absolute Gasteiger partial charge is 0.497 e. The average Bonchev–Trinajstić information content (AvgIpc) is 3.23. The first-order valence-corrected chi connectivity index (χ1v) is 9.49. The van der Waals surface area contributed by atoms with Crippen molar-refractivity contribution < 1.29 is 9.53 Å². The number of hydrogen-bond acceptors (Lipinski definition) is 4. The van der Waals surface area contributed by atoms with Crippen LogP contribution >= 0.6 is 0 Å². The lowest BCUT2D eigenvalue weighted by molar-refractivity contribution is -0.130. The quantitative estimate of drug-likeness (QED) is 0.687. The molecule has 1 aromatic heterocycles. The molecule has 1 saturated heterocycles. The van der Waals surface area contributed by atoms with Gasteiger partial charge in [-0.1, -0.05) is 24.3 Å². The summed E-state index contributed by atoms with van der Waals surface area (Å²) in [6.07, 6.45) is 4.09. The van der Waals surface area contributed by atoms with E-state index >= 15 is 0 Å². The lowest BCUT2D eigenvalue weighted by Gasteiger charge is -2.36. The van der Waals surface area contributed by atoms with Crippen molar-refractivity contribution in [2.45, 2.75) is 6.42 Å². The summed E-state index contributed by atoms with van der Waals surface area (Å²) in [5, 5.41) is 4.38. The number of methoxy groups -OCH3 is 1. The van der Waals surface area contributed by atoms with Crippen molar-refractivity contribution >= 4 is 11.6 Å². The molecule has 6 heteroatoms. The Hall–Kier alpha value is -3.28. The summed E-state index contributed by atoms with van der Waals surface area (Å²) in [4.78, 5) is 16.9. The van der Waals surface area contributed by atoms with Gasteiger partial charge in [-0.25, -0.2) is 4.68 Å². The van der Waals surface area contributed by atoms with Crippen molar-refractivity contribution in [1.82, 2.24) is 14.7 Å². The van der Waals surface area contributed by atoms with Crippen molar-refractivity contribution in [3.63, 3.8) is 0 Å². The third-order valence-corrected chi connectivity index (χ3v) is 5.06. The summed E-state index contributed by atoms with van der Waals surface area (Å²) in [5.74, 6) is 1.00. The number of anilines is 1. The molecule has 0 radical (unpaired) electrons. The second-order valence-corrected chi connectivity index (χ2v) is 6.87. The highest BCUT2D eigenvalue weighted by atomic mass is 16.5. The first-order chi connectivity index (χ1) is 13.7. The topological polar surface area (TPSA) is 50.6 Å². The number of rotatable bonds is 5. The smallest absolute Gasteiger partial charge is 0.227 e. The number of amides is 1. The molecule has 1 fully saturated rings. The minimum absolute atomic E-state index is 0.151. The van der Waals surface area contributed by atoms with Crippen LogP contribution in [0.25, 0.3) is 5.69 Å². The molecule has 1 amide bonds. The van der Waals surface area contributed by atoms with Crippen LogP contribution in [0.5, 0.6) is 5.75 Å². The van der Waals surface area contributed by atoms with E-state index in [0.29, 0.717) is 6.42 Å². The molecule has 0 N–H and O–H groups in total. The summed E-state index contributed by atoms with van der Waals surface area (Å²) in [6, 6.07) is 18.0. The van der Waals surface area contributed by atoms with E-state index in [9.17, 15) is 4.79 Å². The molecule has 0 atom stereocenters. The fourth-order valence-corrected chi connectivity index (χ4v) is 3.48. The molecule has 2 heterocycles. The highest BCUT2D eigenvalue weighted by Crippen LogP contribution is 2.22. The van der Waals surface area contributed by atoms with Gasteiger partial charge in [-0.2, -0.15) is 5.10 Å². The van der Waals surface area contributed by atoms with E-state index in [-0.39, 0.29) is 5.91 Å². The maximum Gasteiger partial charge on any atom is 0.227 e. The van der Waals surface area contributed by atoms with E-state index in [2.05, 4.69) is 16.1 Å². The number of piperazine rings is 1. The van der Waals surface area contributed by atoms with Gasteiger partial charge in [0.15, 0.2) is 0 Å². The number of aromatic nitrogens is 2. The van der Waals surface area contributed by atoms with Crippen LogP contribution in [0, 0.1) is 0 Å². The van der Waals surface area contributed by atoms with E-state index in [1.165, 1.54) is 0 Å². The lowest BCUT2D eigenvalue weighted by atomic mass is 10.2. The van der Waals surface area contributed by atoms with Crippen molar-refractivity contribution in [3.05, 3.63) is 72.6 Å². The van der Waals surface area contributed by atoms with Crippen LogP contribution < -0.4 is 9.64 Å². The maximum atomic E-state index is 12.7. The average molecular weight is 376 g/mol. The van der Waals surface area contributed by atoms with E-state index in [0.717, 1.165) is 48.9 Å². The van der Waals surface area contributed by atoms with Crippen LogP contribution in [0.4, 0.5) is 5.69 Å². The van der Waals surface area contributed by atoms with Gasteiger partial charge in [0.1, 0.15) is 5.75 Å². The summed E-state index contributed by atoms with van der Waals surface area (Å²) in [7, 11) is 1.68. The minimum Gasteiger partial charge on any atom is -0.497 e. The number of benzene rings is 2. The van der Waals surface area contributed by atoms with Crippen LogP contribution in [0.2, 0.25) is 0 Å². The molecule has 0 bridgehead atoms. The first-order valence-electron chi connectivity index (χ1n) is 9.49. The molecule has 1 aliphatic rings. The summed E-state index contributed by atoms with van der Waals surface area (Å²) in [6.45, 7) is 3.09. The standard InChI is InChI=1S/C22H24N4O2/c1-28-21-9-5-8-20(15-21)24-10-12-25(13-11-24)22(27)14-18-16-23-26(17-18)19-6-3-2-4-7-19/h2-9,15-17H,10-14H2,1H3. The van der Waals surface area contributed by atoms with Gasteiger partial charge in [-0.05, 0) is 29.8 Å². The first kappa shape index (κ1) is 18.1. The molecule has 0 spiro atoms. The lowest BCUT2D eigenvalue weighted by Crippen LogP contribution is -2.49. The Labute approximate surface area is 164 Å². The Kier molecular flexibility index (Phi) is 5.28. The summed E-state index contributed by atoms with van der Waals surface area (Å²) >= 11 is 0. The summed E-state index contributed by atoms with van der Waals surface area (Å²) in [5.41, 5.74) is 3.06. The highest BCUT2D eigenvalue weighted by Gasteiger charge is 2.22. The highest BCUT2D eigenvalue weighted by molar-refractivity contribution is 5.79. The van der Waals surface area contributed by atoms with Crippen LogP contribution in [-0.4, -0.2) is 53.9 Å². The van der Waals surface area contributed by atoms with Crippen LogP contribution in [0.15, 0.2) is 67.0 Å². The molecular formula is C22H24N4O2. The fraction of sp³-hybridized carbons (Fsp3) is 0.273. The molecular weight excluding hydrogens is 352 g/mol. The van der Waals surface area contributed by atoms with Gasteiger partial charge >= 0.3 is 0 Å². The molecule has 6 nitrogen and oxygen atoms in total. The second kappa shape index (κ2) is 8.17. The summed E-state index contributed by atoms with van der Waals surface area (Å²) < 4.78 is 7.12. The Balaban J connectivity index is 1.34. The van der Waals surface area contributed by atoms with E-state index in [1.807, 2.05) is 64.3 Å². The van der Waals surface area contributed by atoms with Gasteiger partial charge in [0.25, 0.3) is 0 Å². The monoisotopic (exact) mass is 376 g/mol. The van der Waals surface area contributed by atoms with Crippen LogP contribution in [0.3, 0.4) is 0 Å². The Morgan fingerprint density at radius 3 is 2.50 bits per heavy atom. The molecule has 0 unspecified atom stereocenters. The molecule has 3 aromatic rings. The molecule has 28 heavy (non-hydrogen) atoms. The number of nitrogens with zero attached hydrogens (tertiary/aromatic N) is 4. The zero-order valence-corrected chi connectivity index (χ0v) is 16.0. The van der Waals surface area contributed by atoms with Gasteiger partial charge in [0, 0.05) is 44.1 Å². The molecule has 0 saturated carbocycles. The zero-order valence-electron chi connectivity index (χ0n) is 16.0. The van der Waals surface area contributed by atoms with Gasteiger partial charge in [0.2, 0.25) is 5.91 Å². The van der Waals surface area contributed by atoms with E-state index in [4.69, 9.17) is 4.74 Å². The number of hydrogen-bond donors (Lipinski definition) is 0. The molecule has 2 aromatic carbocycles. The van der Waals surface area contributed by atoms with Gasteiger partial charge in [-0.3, -0.25) is 4.79 Å². The number of para-hydroxylation sites is 1. The normalized spacial score (nSPS) is 14.2. The van der Waals surface area contributed by atoms with E-state index < -0.39 is 0 Å². The zero-order chi connectivity index (χ0) is 19.3. The van der Waals surface area contributed by atoms with Crippen molar-refractivity contribution in [2.24, 2.45) is 0 Å². The molecule has 4 rings (SSSR count). The predicted octanol–water partition coefficient (Wildman–Crippen LogP) is 2.77. The predicted molar refractivity (Wildman–Crippen MR) is 109 cm³/mol. The Bertz CT molecular complexity index is 930. The number of carbonyl (C=O) groups excluding carboxylic acids is 1. The van der Waals surface area contributed by atoms with Gasteiger partial charge < -0.3 is 14.5 Å². The Morgan fingerprint density at radius 1 is 1.00 bits per heavy atom. The third-order valence-electron chi connectivity index (χ3n) is 5.06. The van der Waals surface area contributed by atoms with E-state index in [1.54, 1.807) is 13.3 Å². The molecule has 0 aliphatic carbocycles. The molecule has 1 aliphatic heterocycles. The van der Waals surface area contributed by atoms with Crippen molar-refractivity contribution in [3.8, 4) is 11.4 Å². The van der Waals surface area contributed by atoms with Crippen molar-refractivity contribution in [1.29, 1.82) is 0 Å². The van der Waals surface area contributed by atoms with Crippen LogP contribution in [-0.2, 0) is 11.2 Å². The Morgan fingerprint density at radius 2 is 1.75 bits per heavy atom. The van der Waals surface area contributed by atoms with Crippen molar-refractivity contribution in [2.75, 3.05) is 38.2 Å². The number of ether oxygens (including phenoxy) is 1. The molecule has 144 valence electrons. The minimum atomic E-state index is 0.151. The fourth-order valence-electron chi connectivity index (χ4n) is 3.48. The number of carbonyl (C=O) groups is 1. The SMILES string of the molecule is COc1cccc(N2CCN(C(=O)Cc3cnn(-c4ccccc4)c3)CC2)c1. The second-order valence-electron chi connectivity index (χ2n) is 6.87.